The Morgan fingerprint density at radius 3 is 2.23 bits per heavy atom. The van der Waals surface area contributed by atoms with Gasteiger partial charge in [-0.2, -0.15) is 5.10 Å². The van der Waals surface area contributed by atoms with Crippen LogP contribution in [0, 0.1) is 43.4 Å². The van der Waals surface area contributed by atoms with E-state index in [9.17, 15) is 4.79 Å². The van der Waals surface area contributed by atoms with Crippen LogP contribution in [0.25, 0.3) is 0 Å². The van der Waals surface area contributed by atoms with Crippen molar-refractivity contribution < 1.29 is 4.79 Å². The van der Waals surface area contributed by atoms with Crippen LogP contribution in [0.4, 0.5) is 0 Å². The first-order chi connectivity index (χ1) is 10.5. The van der Waals surface area contributed by atoms with Gasteiger partial charge in [0.2, 0.25) is 5.91 Å². The highest BCUT2D eigenvalue weighted by Crippen LogP contribution is 2.56. The first-order valence-corrected chi connectivity index (χ1v) is 8.79. The average Bonchev–Trinajstić information content (AvgIpc) is 2.69. The number of nitrogens with zero attached hydrogens (tertiary/aromatic N) is 2. The van der Waals surface area contributed by atoms with Gasteiger partial charge in [0.25, 0.3) is 0 Å². The first-order valence-electron chi connectivity index (χ1n) is 8.79. The SMILES string of the molecule is Cc1nn(C)c(C)c1CNC(=O)C1C2CC3CC(C2)CC1C3. The molecule has 4 nitrogen and oxygen atoms in total. The van der Waals surface area contributed by atoms with Gasteiger partial charge in [0, 0.05) is 30.8 Å². The third kappa shape index (κ3) is 2.19. The van der Waals surface area contributed by atoms with Gasteiger partial charge in [-0.25, -0.2) is 0 Å². The van der Waals surface area contributed by atoms with Crippen molar-refractivity contribution in [3.63, 3.8) is 0 Å². The molecule has 4 fully saturated rings. The lowest BCUT2D eigenvalue weighted by Gasteiger charge is -2.53. The van der Waals surface area contributed by atoms with E-state index < -0.39 is 0 Å². The molecule has 1 heterocycles. The molecule has 0 radical (unpaired) electrons. The van der Waals surface area contributed by atoms with Gasteiger partial charge in [0.1, 0.15) is 0 Å². The van der Waals surface area contributed by atoms with Crippen LogP contribution in [0.5, 0.6) is 0 Å². The third-order valence-electron chi connectivity index (χ3n) is 6.63. The van der Waals surface area contributed by atoms with Gasteiger partial charge in [-0.3, -0.25) is 9.48 Å². The number of nitrogens with one attached hydrogen (secondary N) is 1. The zero-order valence-electron chi connectivity index (χ0n) is 13.9. The fourth-order valence-electron chi connectivity index (χ4n) is 5.72. The van der Waals surface area contributed by atoms with Crippen LogP contribution >= 0.6 is 0 Å². The molecule has 0 spiro atoms. The summed E-state index contributed by atoms with van der Waals surface area (Å²) in [4.78, 5) is 12.8. The number of rotatable bonds is 3. The molecule has 120 valence electrons. The predicted molar refractivity (Wildman–Crippen MR) is 85.1 cm³/mol. The van der Waals surface area contributed by atoms with Gasteiger partial charge >= 0.3 is 0 Å². The van der Waals surface area contributed by atoms with Gasteiger partial charge in [-0.15, -0.1) is 0 Å². The van der Waals surface area contributed by atoms with Crippen LogP contribution in [0.2, 0.25) is 0 Å². The zero-order chi connectivity index (χ0) is 15.4. The lowest BCUT2D eigenvalue weighted by molar-refractivity contribution is -0.138. The van der Waals surface area contributed by atoms with Gasteiger partial charge in [-0.05, 0) is 69.6 Å². The molecule has 5 rings (SSSR count). The lowest BCUT2D eigenvalue weighted by atomic mass is 9.51. The lowest BCUT2D eigenvalue weighted by Crippen LogP contribution is -2.50. The minimum Gasteiger partial charge on any atom is -0.352 e. The number of amides is 1. The number of carbonyl (C=O) groups excluding carboxylic acids is 1. The van der Waals surface area contributed by atoms with E-state index in [0.717, 1.165) is 23.2 Å². The summed E-state index contributed by atoms with van der Waals surface area (Å²) in [6, 6.07) is 0. The quantitative estimate of drug-likeness (QED) is 0.933. The van der Waals surface area contributed by atoms with E-state index in [4.69, 9.17) is 0 Å². The Balaban J connectivity index is 1.44. The monoisotopic (exact) mass is 301 g/mol. The molecule has 4 bridgehead atoms. The standard InChI is InChI=1S/C18H27N3O/c1-10-16(11(2)21(3)20-10)9-19-18(22)17-14-5-12-4-13(7-14)8-15(17)6-12/h12-15,17H,4-9H2,1-3H3,(H,19,22). The molecule has 1 N–H and O–H groups in total. The normalized spacial score (nSPS) is 35.9. The van der Waals surface area contributed by atoms with Crippen molar-refractivity contribution >= 4 is 5.91 Å². The third-order valence-corrected chi connectivity index (χ3v) is 6.63. The molecule has 0 aliphatic heterocycles. The van der Waals surface area contributed by atoms with E-state index in [0.29, 0.717) is 24.3 Å². The highest BCUT2D eigenvalue weighted by molar-refractivity contribution is 5.79. The smallest absolute Gasteiger partial charge is 0.223 e. The summed E-state index contributed by atoms with van der Waals surface area (Å²) in [6.07, 6.45) is 6.65. The van der Waals surface area contributed by atoms with Gasteiger partial charge in [0.15, 0.2) is 0 Å². The molecule has 1 amide bonds. The van der Waals surface area contributed by atoms with E-state index in [1.807, 2.05) is 18.7 Å². The second-order valence-corrected chi connectivity index (χ2v) is 7.95. The highest BCUT2D eigenvalue weighted by Gasteiger charge is 2.50. The maximum Gasteiger partial charge on any atom is 0.223 e. The summed E-state index contributed by atoms with van der Waals surface area (Å²) in [6.45, 7) is 4.73. The number of aromatic nitrogens is 2. The summed E-state index contributed by atoms with van der Waals surface area (Å²) < 4.78 is 1.90. The van der Waals surface area contributed by atoms with E-state index in [1.54, 1.807) is 0 Å². The Morgan fingerprint density at radius 1 is 1.14 bits per heavy atom. The summed E-state index contributed by atoms with van der Waals surface area (Å²) in [5, 5.41) is 7.67. The number of carbonyl (C=O) groups is 1. The minimum atomic E-state index is 0.282. The van der Waals surface area contributed by atoms with Crippen molar-refractivity contribution in [2.45, 2.75) is 52.5 Å². The fraction of sp³-hybridized carbons (Fsp3) is 0.778. The number of hydrogen-bond acceptors (Lipinski definition) is 2. The molecule has 1 aromatic heterocycles. The second-order valence-electron chi connectivity index (χ2n) is 7.95. The van der Waals surface area contributed by atoms with Gasteiger partial charge in [-0.1, -0.05) is 0 Å². The number of hydrogen-bond donors (Lipinski definition) is 1. The Hall–Kier alpha value is -1.32. The summed E-state index contributed by atoms with van der Waals surface area (Å²) in [5.74, 6) is 3.75. The fourth-order valence-corrected chi connectivity index (χ4v) is 5.72. The van der Waals surface area contributed by atoms with Crippen LogP contribution < -0.4 is 5.32 Å². The van der Waals surface area contributed by atoms with Crippen molar-refractivity contribution in [1.29, 1.82) is 0 Å². The minimum absolute atomic E-state index is 0.282. The predicted octanol–water partition coefficient (Wildman–Crippen LogP) is 2.73. The van der Waals surface area contributed by atoms with Crippen LogP contribution in [-0.4, -0.2) is 15.7 Å². The average molecular weight is 301 g/mol. The molecule has 0 saturated heterocycles. The van der Waals surface area contributed by atoms with Gasteiger partial charge < -0.3 is 5.32 Å². The van der Waals surface area contributed by atoms with Crippen LogP contribution in [0.3, 0.4) is 0 Å². The molecule has 0 unspecified atom stereocenters. The summed E-state index contributed by atoms with van der Waals surface area (Å²) in [7, 11) is 1.96. The molecule has 0 aromatic carbocycles. The largest absolute Gasteiger partial charge is 0.352 e. The Morgan fingerprint density at radius 2 is 1.73 bits per heavy atom. The molecule has 4 aliphatic carbocycles. The second kappa shape index (κ2) is 5.10. The highest BCUT2D eigenvalue weighted by atomic mass is 16.1. The van der Waals surface area contributed by atoms with Crippen molar-refractivity contribution in [2.75, 3.05) is 0 Å². The van der Waals surface area contributed by atoms with Crippen molar-refractivity contribution in [3.8, 4) is 0 Å². The summed E-state index contributed by atoms with van der Waals surface area (Å²) >= 11 is 0. The molecule has 1 aromatic rings. The van der Waals surface area contributed by atoms with E-state index in [-0.39, 0.29) is 5.92 Å². The molecule has 4 heteroatoms. The van der Waals surface area contributed by atoms with Crippen molar-refractivity contribution in [1.82, 2.24) is 15.1 Å². The van der Waals surface area contributed by atoms with Crippen molar-refractivity contribution in [3.05, 3.63) is 17.0 Å². The molecule has 4 saturated carbocycles. The van der Waals surface area contributed by atoms with Crippen LogP contribution in [0.15, 0.2) is 0 Å². The Labute approximate surface area is 132 Å². The molecule has 22 heavy (non-hydrogen) atoms. The zero-order valence-corrected chi connectivity index (χ0v) is 13.9. The topological polar surface area (TPSA) is 46.9 Å². The molecular formula is C18H27N3O. The van der Waals surface area contributed by atoms with E-state index in [1.165, 1.54) is 37.7 Å². The van der Waals surface area contributed by atoms with Crippen molar-refractivity contribution in [2.24, 2.45) is 36.6 Å². The Kier molecular flexibility index (Phi) is 3.31. The first kappa shape index (κ1) is 14.3. The van der Waals surface area contributed by atoms with Gasteiger partial charge in [0.05, 0.1) is 5.69 Å². The van der Waals surface area contributed by atoms with Crippen LogP contribution in [-0.2, 0) is 18.4 Å². The maximum absolute atomic E-state index is 12.8. The Bertz CT molecular complexity index is 576. The van der Waals surface area contributed by atoms with Crippen LogP contribution in [0.1, 0.15) is 49.1 Å². The number of aryl methyl sites for hydroxylation is 2. The molecule has 0 atom stereocenters. The van der Waals surface area contributed by atoms with E-state index >= 15 is 0 Å². The maximum atomic E-state index is 12.8. The summed E-state index contributed by atoms with van der Waals surface area (Å²) in [5.41, 5.74) is 3.37. The molecular weight excluding hydrogens is 274 g/mol. The van der Waals surface area contributed by atoms with E-state index in [2.05, 4.69) is 17.3 Å². The molecule has 4 aliphatic rings.